The summed E-state index contributed by atoms with van der Waals surface area (Å²) < 4.78 is 5.91. The second kappa shape index (κ2) is 5.61. The van der Waals surface area contributed by atoms with E-state index >= 15 is 0 Å². The molecule has 1 heterocycles. The quantitative estimate of drug-likeness (QED) is 0.710. The molecular weight excluding hydrogens is 232 g/mol. The number of ketones is 1. The number of carbonyl (C=O) groups is 2. The van der Waals surface area contributed by atoms with Gasteiger partial charge in [-0.3, -0.25) is 9.59 Å². The van der Waals surface area contributed by atoms with Crippen molar-refractivity contribution in [3.63, 3.8) is 0 Å². The fraction of sp³-hybridized carbons (Fsp3) is 0.600. The van der Waals surface area contributed by atoms with E-state index in [1.165, 1.54) is 18.7 Å². The van der Waals surface area contributed by atoms with Gasteiger partial charge in [0.25, 0.3) is 0 Å². The minimum Gasteiger partial charge on any atom is -0.465 e. The van der Waals surface area contributed by atoms with Crippen molar-refractivity contribution in [3.8, 4) is 0 Å². The van der Waals surface area contributed by atoms with Crippen molar-refractivity contribution in [3.05, 3.63) is 9.81 Å². The van der Waals surface area contributed by atoms with Crippen LogP contribution in [0.3, 0.4) is 0 Å². The summed E-state index contributed by atoms with van der Waals surface area (Å²) >= 11 is 3.08. The molecule has 0 aliphatic carbocycles. The van der Waals surface area contributed by atoms with Gasteiger partial charge in [0, 0.05) is 15.6 Å². The maximum absolute atomic E-state index is 11.6. The Morgan fingerprint density at radius 3 is 2.73 bits per heavy atom. The summed E-state index contributed by atoms with van der Waals surface area (Å²) in [5.41, 5.74) is 0.631. The van der Waals surface area contributed by atoms with Crippen molar-refractivity contribution in [1.82, 2.24) is 0 Å². The van der Waals surface area contributed by atoms with Crippen LogP contribution in [0.15, 0.2) is 9.81 Å². The maximum atomic E-state index is 11.6. The highest BCUT2D eigenvalue weighted by atomic mass is 32.2. The van der Waals surface area contributed by atoms with Crippen LogP contribution in [-0.2, 0) is 14.3 Å². The minimum atomic E-state index is -0.366. The van der Waals surface area contributed by atoms with Gasteiger partial charge in [-0.1, -0.05) is 0 Å². The van der Waals surface area contributed by atoms with Gasteiger partial charge in [-0.2, -0.15) is 0 Å². The zero-order valence-electron chi connectivity index (χ0n) is 9.03. The Bertz CT molecular complexity index is 310. The van der Waals surface area contributed by atoms with Crippen molar-refractivity contribution >= 4 is 35.3 Å². The second-order valence-corrected chi connectivity index (χ2v) is 5.18. The van der Waals surface area contributed by atoms with Gasteiger partial charge < -0.3 is 4.74 Å². The fourth-order valence-corrected chi connectivity index (χ4v) is 3.69. The molecule has 1 atom stereocenters. The normalized spacial score (nSPS) is 20.6. The SMILES string of the molecule is CCOC(=O)C1CSC(SC)=C1C(C)=O. The number of thioether (sulfide) groups is 2. The van der Waals surface area contributed by atoms with Crippen LogP contribution in [0.5, 0.6) is 0 Å². The van der Waals surface area contributed by atoms with Gasteiger partial charge in [0.05, 0.1) is 12.5 Å². The Balaban J connectivity index is 2.88. The van der Waals surface area contributed by atoms with E-state index < -0.39 is 0 Å². The molecule has 1 aliphatic heterocycles. The lowest BCUT2D eigenvalue weighted by molar-refractivity contribution is -0.146. The van der Waals surface area contributed by atoms with Gasteiger partial charge in [-0.05, 0) is 20.1 Å². The Hall–Kier alpha value is -0.420. The van der Waals surface area contributed by atoms with Crippen LogP contribution in [0.1, 0.15) is 13.8 Å². The topological polar surface area (TPSA) is 43.4 Å². The molecule has 0 aromatic carbocycles. The molecule has 0 saturated heterocycles. The first-order valence-electron chi connectivity index (χ1n) is 4.70. The van der Waals surface area contributed by atoms with E-state index in [1.807, 2.05) is 6.26 Å². The van der Waals surface area contributed by atoms with E-state index in [9.17, 15) is 9.59 Å². The summed E-state index contributed by atoms with van der Waals surface area (Å²) in [5.74, 6) is -0.0410. The van der Waals surface area contributed by atoms with Crippen LogP contribution in [0.2, 0.25) is 0 Å². The van der Waals surface area contributed by atoms with Gasteiger partial charge in [-0.15, -0.1) is 23.5 Å². The van der Waals surface area contributed by atoms with Crippen molar-refractivity contribution in [2.75, 3.05) is 18.6 Å². The van der Waals surface area contributed by atoms with Gasteiger partial charge in [0.1, 0.15) is 0 Å². The van der Waals surface area contributed by atoms with Crippen LogP contribution < -0.4 is 0 Å². The molecule has 0 aromatic heterocycles. The molecule has 1 aliphatic rings. The van der Waals surface area contributed by atoms with Crippen LogP contribution >= 0.6 is 23.5 Å². The lowest BCUT2D eigenvalue weighted by Crippen LogP contribution is -2.22. The average molecular weight is 246 g/mol. The first-order chi connectivity index (χ1) is 7.11. The lowest BCUT2D eigenvalue weighted by Gasteiger charge is -2.10. The molecule has 0 saturated carbocycles. The molecule has 0 spiro atoms. The van der Waals surface area contributed by atoms with E-state index in [4.69, 9.17) is 4.74 Å². The summed E-state index contributed by atoms with van der Waals surface area (Å²) in [5, 5.41) is 0. The molecular formula is C10H14O3S2. The Kier molecular flexibility index (Phi) is 4.73. The number of hydrogen-bond donors (Lipinski definition) is 0. The summed E-state index contributed by atoms with van der Waals surface area (Å²) in [4.78, 5) is 23.0. The monoisotopic (exact) mass is 246 g/mol. The molecule has 1 rings (SSSR count). The van der Waals surface area contributed by atoms with E-state index in [2.05, 4.69) is 0 Å². The lowest BCUT2D eigenvalue weighted by atomic mass is 10.00. The van der Waals surface area contributed by atoms with Gasteiger partial charge in [-0.25, -0.2) is 0 Å². The molecule has 5 heteroatoms. The second-order valence-electron chi connectivity index (χ2n) is 3.08. The molecule has 0 fully saturated rings. The highest BCUT2D eigenvalue weighted by Crippen LogP contribution is 2.42. The molecule has 0 amide bonds. The number of rotatable bonds is 4. The highest BCUT2D eigenvalue weighted by molar-refractivity contribution is 8.22. The molecule has 15 heavy (non-hydrogen) atoms. The fourth-order valence-electron chi connectivity index (χ4n) is 1.45. The van der Waals surface area contributed by atoms with Gasteiger partial charge in [0.2, 0.25) is 0 Å². The van der Waals surface area contributed by atoms with E-state index in [-0.39, 0.29) is 17.7 Å². The zero-order valence-corrected chi connectivity index (χ0v) is 10.7. The highest BCUT2D eigenvalue weighted by Gasteiger charge is 2.35. The zero-order chi connectivity index (χ0) is 11.4. The molecule has 0 bridgehead atoms. The third kappa shape index (κ3) is 2.78. The first kappa shape index (κ1) is 12.6. The number of esters is 1. The summed E-state index contributed by atoms with van der Waals surface area (Å²) in [6.45, 7) is 3.63. The van der Waals surface area contributed by atoms with Gasteiger partial charge >= 0.3 is 5.97 Å². The van der Waals surface area contributed by atoms with E-state index in [1.54, 1.807) is 18.7 Å². The Morgan fingerprint density at radius 1 is 1.60 bits per heavy atom. The van der Waals surface area contributed by atoms with Crippen molar-refractivity contribution < 1.29 is 14.3 Å². The minimum absolute atomic E-state index is 0.0256. The van der Waals surface area contributed by atoms with Crippen LogP contribution in [0, 0.1) is 5.92 Å². The molecule has 0 aromatic rings. The van der Waals surface area contributed by atoms with Crippen LogP contribution in [-0.4, -0.2) is 30.4 Å². The third-order valence-corrected chi connectivity index (χ3v) is 4.51. The molecule has 84 valence electrons. The maximum Gasteiger partial charge on any atom is 0.314 e. The molecule has 0 radical (unpaired) electrons. The van der Waals surface area contributed by atoms with Gasteiger partial charge in [0.15, 0.2) is 5.78 Å². The largest absolute Gasteiger partial charge is 0.465 e. The van der Waals surface area contributed by atoms with Crippen LogP contribution in [0.25, 0.3) is 0 Å². The van der Waals surface area contributed by atoms with Crippen molar-refractivity contribution in [1.29, 1.82) is 0 Å². The van der Waals surface area contributed by atoms with Crippen LogP contribution in [0.4, 0.5) is 0 Å². The predicted octanol–water partition coefficient (Wildman–Crippen LogP) is 2.08. The van der Waals surface area contributed by atoms with E-state index in [0.717, 1.165) is 4.24 Å². The predicted molar refractivity (Wildman–Crippen MR) is 63.8 cm³/mol. The Morgan fingerprint density at radius 2 is 2.27 bits per heavy atom. The number of hydrogen-bond acceptors (Lipinski definition) is 5. The number of carbonyl (C=O) groups excluding carboxylic acids is 2. The smallest absolute Gasteiger partial charge is 0.314 e. The number of ether oxygens (including phenoxy) is 1. The molecule has 0 N–H and O–H groups in total. The first-order valence-corrected chi connectivity index (χ1v) is 6.91. The summed E-state index contributed by atoms with van der Waals surface area (Å²) in [6, 6.07) is 0. The van der Waals surface area contributed by atoms with Crippen molar-refractivity contribution in [2.24, 2.45) is 5.92 Å². The average Bonchev–Trinajstić information content (AvgIpc) is 2.61. The number of Topliss-reactive ketones (excluding diaryl/α,β-unsaturated/α-hetero) is 1. The van der Waals surface area contributed by atoms with E-state index in [0.29, 0.717) is 17.9 Å². The van der Waals surface area contributed by atoms with Crippen molar-refractivity contribution in [2.45, 2.75) is 13.8 Å². The standard InChI is InChI=1S/C10H14O3S2/c1-4-13-9(12)7-5-15-10(14-3)8(7)6(2)11/h7H,4-5H2,1-3H3. The molecule has 3 nitrogen and oxygen atoms in total. The third-order valence-electron chi connectivity index (χ3n) is 2.09. The Labute approximate surface area is 98.0 Å². The molecule has 1 unspecified atom stereocenters. The summed E-state index contributed by atoms with van der Waals surface area (Å²) in [7, 11) is 0. The summed E-state index contributed by atoms with van der Waals surface area (Å²) in [6.07, 6.45) is 1.92.